The molecule has 0 radical (unpaired) electrons. The molecule has 0 aliphatic rings. The van der Waals surface area contributed by atoms with Crippen LogP contribution in [0.15, 0.2) is 16.7 Å². The zero-order chi connectivity index (χ0) is 10.4. The van der Waals surface area contributed by atoms with Crippen LogP contribution in [0.4, 0.5) is 0 Å². The first-order valence-electron chi connectivity index (χ1n) is 4.28. The molecule has 0 amide bonds. The van der Waals surface area contributed by atoms with Gasteiger partial charge in [0.1, 0.15) is 12.0 Å². The molecule has 0 aliphatic carbocycles. The fourth-order valence-corrected chi connectivity index (χ4v) is 0.922. The monoisotopic (exact) mass is 199 g/mol. The van der Waals surface area contributed by atoms with E-state index in [0.717, 1.165) is 0 Å². The third-order valence-electron chi connectivity index (χ3n) is 1.57. The van der Waals surface area contributed by atoms with E-state index in [2.05, 4.69) is 10.2 Å². The lowest BCUT2D eigenvalue weighted by Gasteiger charge is -1.98. The van der Waals surface area contributed by atoms with Crippen molar-refractivity contribution >= 4 is 5.97 Å². The Morgan fingerprint density at radius 3 is 3.07 bits per heavy atom. The number of carbonyl (C=O) groups excluding carboxylic acids is 1. The number of nitrogens with one attached hydrogen (secondary N) is 1. The van der Waals surface area contributed by atoms with Gasteiger partial charge < -0.3 is 14.0 Å². The van der Waals surface area contributed by atoms with Gasteiger partial charge in [-0.2, -0.15) is 5.48 Å². The van der Waals surface area contributed by atoms with E-state index in [1.807, 2.05) is 6.92 Å². The summed E-state index contributed by atoms with van der Waals surface area (Å²) in [6, 6.07) is 1.61. The molecule has 0 unspecified atom stereocenters. The molecule has 0 saturated heterocycles. The van der Waals surface area contributed by atoms with Gasteiger partial charge in [-0.05, 0) is 13.0 Å². The van der Waals surface area contributed by atoms with Crippen molar-refractivity contribution in [2.24, 2.45) is 0 Å². The van der Waals surface area contributed by atoms with Gasteiger partial charge in [-0.3, -0.25) is 0 Å². The molecule has 0 atom stereocenters. The summed E-state index contributed by atoms with van der Waals surface area (Å²) in [4.78, 5) is 15.9. The molecule has 1 rings (SSSR count). The molecule has 0 aromatic carbocycles. The van der Waals surface area contributed by atoms with Gasteiger partial charge in [0.2, 0.25) is 0 Å². The number of hydrogen-bond donors (Lipinski definition) is 1. The van der Waals surface area contributed by atoms with Crippen LogP contribution in [0.5, 0.6) is 0 Å². The van der Waals surface area contributed by atoms with Crippen molar-refractivity contribution in [2.75, 3.05) is 13.7 Å². The number of methoxy groups -OCH3 is 1. The van der Waals surface area contributed by atoms with E-state index >= 15 is 0 Å². The normalized spacial score (nSPS) is 10.1. The first-order chi connectivity index (χ1) is 6.77. The molecular weight excluding hydrogens is 186 g/mol. The van der Waals surface area contributed by atoms with Gasteiger partial charge in [-0.25, -0.2) is 4.79 Å². The number of hydrogen-bond acceptors (Lipinski definition) is 5. The molecule has 1 aromatic heterocycles. The number of furan rings is 1. The molecule has 1 N–H and O–H groups in total. The Kier molecular flexibility index (Phi) is 4.15. The number of ether oxygens (including phenoxy) is 1. The Balaban J connectivity index is 2.46. The predicted octanol–water partition coefficient (Wildman–Crippen LogP) is 1.11. The van der Waals surface area contributed by atoms with Crippen LogP contribution in [0.2, 0.25) is 0 Å². The minimum atomic E-state index is -0.406. The van der Waals surface area contributed by atoms with Crippen LogP contribution < -0.4 is 5.48 Å². The lowest BCUT2D eigenvalue weighted by Crippen LogP contribution is -2.12. The van der Waals surface area contributed by atoms with E-state index in [1.165, 1.54) is 13.4 Å². The average molecular weight is 199 g/mol. The van der Waals surface area contributed by atoms with E-state index in [0.29, 0.717) is 24.5 Å². The first kappa shape index (κ1) is 10.7. The smallest absolute Gasteiger partial charge is 0.341 e. The van der Waals surface area contributed by atoms with E-state index in [9.17, 15) is 4.79 Å². The van der Waals surface area contributed by atoms with Gasteiger partial charge in [0, 0.05) is 0 Å². The second-order valence-electron chi connectivity index (χ2n) is 2.55. The van der Waals surface area contributed by atoms with Gasteiger partial charge in [0.05, 0.1) is 25.8 Å². The highest BCUT2D eigenvalue weighted by Crippen LogP contribution is 2.08. The molecule has 0 bridgehead atoms. The average Bonchev–Trinajstić information content (AvgIpc) is 2.66. The Morgan fingerprint density at radius 2 is 2.43 bits per heavy atom. The van der Waals surface area contributed by atoms with E-state index in [-0.39, 0.29) is 0 Å². The molecule has 5 nitrogen and oxygen atoms in total. The largest absolute Gasteiger partial charge is 0.467 e. The molecule has 14 heavy (non-hydrogen) atoms. The van der Waals surface area contributed by atoms with Crippen molar-refractivity contribution in [1.29, 1.82) is 0 Å². The highest BCUT2D eigenvalue weighted by molar-refractivity contribution is 5.88. The summed E-state index contributed by atoms with van der Waals surface area (Å²) in [6.07, 6.45) is 1.36. The molecule has 5 heteroatoms. The number of rotatable bonds is 5. The van der Waals surface area contributed by atoms with Crippen LogP contribution >= 0.6 is 0 Å². The van der Waals surface area contributed by atoms with Gasteiger partial charge in [0.15, 0.2) is 0 Å². The molecule has 1 heterocycles. The van der Waals surface area contributed by atoms with Gasteiger partial charge in [0.25, 0.3) is 0 Å². The standard InChI is InChI=1S/C9H13NO4/c1-3-14-10-5-8-4-7(6-13-8)9(11)12-2/h4,6,10H,3,5H2,1-2H3. The summed E-state index contributed by atoms with van der Waals surface area (Å²) in [6.45, 7) is 2.87. The van der Waals surface area contributed by atoms with Crippen molar-refractivity contribution in [1.82, 2.24) is 5.48 Å². The Hall–Kier alpha value is -1.33. The van der Waals surface area contributed by atoms with Gasteiger partial charge >= 0.3 is 5.97 Å². The fourth-order valence-electron chi connectivity index (χ4n) is 0.922. The van der Waals surface area contributed by atoms with Crippen molar-refractivity contribution in [2.45, 2.75) is 13.5 Å². The maximum Gasteiger partial charge on any atom is 0.341 e. The molecule has 0 saturated carbocycles. The third-order valence-corrected chi connectivity index (χ3v) is 1.57. The summed E-state index contributed by atoms with van der Waals surface area (Å²) in [5.74, 6) is 0.218. The van der Waals surface area contributed by atoms with E-state index < -0.39 is 5.97 Å². The van der Waals surface area contributed by atoms with Crippen LogP contribution in [0, 0.1) is 0 Å². The summed E-state index contributed by atoms with van der Waals surface area (Å²) in [7, 11) is 1.33. The van der Waals surface area contributed by atoms with Crippen molar-refractivity contribution in [3.8, 4) is 0 Å². The second kappa shape index (κ2) is 5.41. The zero-order valence-electron chi connectivity index (χ0n) is 8.20. The first-order valence-corrected chi connectivity index (χ1v) is 4.28. The van der Waals surface area contributed by atoms with Crippen LogP contribution in [0.25, 0.3) is 0 Å². The molecule has 1 aromatic rings. The maximum absolute atomic E-state index is 11.0. The third kappa shape index (κ3) is 2.86. The van der Waals surface area contributed by atoms with Crippen molar-refractivity contribution < 1.29 is 18.8 Å². The molecular formula is C9H13NO4. The van der Waals surface area contributed by atoms with E-state index in [4.69, 9.17) is 9.25 Å². The quantitative estimate of drug-likeness (QED) is 0.437. The molecule has 0 aliphatic heterocycles. The van der Waals surface area contributed by atoms with Crippen molar-refractivity contribution in [3.63, 3.8) is 0 Å². The summed E-state index contributed by atoms with van der Waals surface area (Å²) < 4.78 is 9.62. The lowest BCUT2D eigenvalue weighted by molar-refractivity contribution is 0.0425. The molecule has 0 fully saturated rings. The topological polar surface area (TPSA) is 60.7 Å². The molecule has 78 valence electrons. The minimum absolute atomic E-state index is 0.404. The van der Waals surface area contributed by atoms with Crippen LogP contribution in [-0.2, 0) is 16.1 Å². The van der Waals surface area contributed by atoms with Gasteiger partial charge in [-0.1, -0.05) is 0 Å². The number of esters is 1. The van der Waals surface area contributed by atoms with Crippen molar-refractivity contribution in [3.05, 3.63) is 23.7 Å². The van der Waals surface area contributed by atoms with Gasteiger partial charge in [-0.15, -0.1) is 0 Å². The number of carbonyl (C=O) groups is 1. The zero-order valence-corrected chi connectivity index (χ0v) is 8.20. The SMILES string of the molecule is CCONCc1cc(C(=O)OC)co1. The van der Waals surface area contributed by atoms with Crippen LogP contribution in [0.1, 0.15) is 23.0 Å². The highest BCUT2D eigenvalue weighted by Gasteiger charge is 2.09. The Bertz CT molecular complexity index is 295. The molecule has 0 spiro atoms. The number of hydroxylamine groups is 1. The lowest BCUT2D eigenvalue weighted by atomic mass is 10.3. The Morgan fingerprint density at radius 1 is 1.64 bits per heavy atom. The second-order valence-corrected chi connectivity index (χ2v) is 2.55. The van der Waals surface area contributed by atoms with E-state index in [1.54, 1.807) is 6.07 Å². The summed E-state index contributed by atoms with van der Waals surface area (Å²) in [5.41, 5.74) is 3.08. The highest BCUT2D eigenvalue weighted by atomic mass is 16.6. The summed E-state index contributed by atoms with van der Waals surface area (Å²) >= 11 is 0. The predicted molar refractivity (Wildman–Crippen MR) is 48.5 cm³/mol. The maximum atomic E-state index is 11.0. The summed E-state index contributed by atoms with van der Waals surface area (Å²) in [5, 5.41) is 0. The van der Waals surface area contributed by atoms with Crippen LogP contribution in [0.3, 0.4) is 0 Å². The van der Waals surface area contributed by atoms with Crippen LogP contribution in [-0.4, -0.2) is 19.7 Å². The fraction of sp³-hybridized carbons (Fsp3) is 0.444. The Labute approximate surface area is 81.9 Å². The minimum Gasteiger partial charge on any atom is -0.467 e.